The molecule has 2 rings (SSSR count). The number of benzene rings is 1. The molecule has 7 heteroatoms. The van der Waals surface area contributed by atoms with Gasteiger partial charge >= 0.3 is 0 Å². The summed E-state index contributed by atoms with van der Waals surface area (Å²) in [7, 11) is 0. The minimum atomic E-state index is -0.715. The van der Waals surface area contributed by atoms with Crippen molar-refractivity contribution in [3.63, 3.8) is 0 Å². The molecular weight excluding hydrogens is 303 g/mol. The third-order valence-electron chi connectivity index (χ3n) is 2.93. The second-order valence-corrected chi connectivity index (χ2v) is 5.42. The van der Waals surface area contributed by atoms with Crippen molar-refractivity contribution in [2.24, 2.45) is 0 Å². The van der Waals surface area contributed by atoms with Crippen molar-refractivity contribution in [3.8, 4) is 5.75 Å². The van der Waals surface area contributed by atoms with Gasteiger partial charge in [0.2, 0.25) is 5.91 Å². The number of piperazine rings is 1. The van der Waals surface area contributed by atoms with Gasteiger partial charge in [0.1, 0.15) is 12.7 Å². The summed E-state index contributed by atoms with van der Waals surface area (Å²) in [5.41, 5.74) is 0. The molecule has 1 aromatic carbocycles. The molecule has 1 fully saturated rings. The number of carbonyl (C=O) groups excluding carboxylic acids is 1. The van der Waals surface area contributed by atoms with E-state index < -0.39 is 6.10 Å². The zero-order valence-electron chi connectivity index (χ0n) is 10.8. The Hall–Kier alpha value is -1.01. The second-order valence-electron chi connectivity index (χ2n) is 4.60. The van der Waals surface area contributed by atoms with Crippen LogP contribution < -0.4 is 10.1 Å². The van der Waals surface area contributed by atoms with Gasteiger partial charge in [0, 0.05) is 19.6 Å². The number of carbonyl (C=O) groups is 1. The molecule has 1 amide bonds. The van der Waals surface area contributed by atoms with Gasteiger partial charge in [-0.05, 0) is 12.1 Å². The molecular formula is C13H16Cl2N2O3. The number of hydrogen-bond donors (Lipinski definition) is 2. The Morgan fingerprint density at radius 1 is 1.40 bits per heavy atom. The number of nitrogens with zero attached hydrogens (tertiary/aromatic N) is 1. The Bertz CT molecular complexity index is 464. The molecule has 1 aliphatic rings. The fourth-order valence-corrected chi connectivity index (χ4v) is 2.50. The molecule has 0 saturated carbocycles. The molecule has 1 aliphatic heterocycles. The van der Waals surface area contributed by atoms with Crippen molar-refractivity contribution in [1.29, 1.82) is 0 Å². The standard InChI is InChI=1S/C13H16Cl2N2O3/c14-10-2-1-3-11(15)13(10)20-8-9(18)6-17-5-4-16-12(19)7-17/h1-3,9,18H,4-8H2,(H,16,19). The lowest BCUT2D eigenvalue weighted by Crippen LogP contribution is -2.50. The van der Waals surface area contributed by atoms with Gasteiger partial charge in [-0.2, -0.15) is 0 Å². The van der Waals surface area contributed by atoms with Crippen molar-refractivity contribution in [2.45, 2.75) is 6.10 Å². The largest absolute Gasteiger partial charge is 0.488 e. The number of rotatable bonds is 5. The first-order valence-corrected chi connectivity index (χ1v) is 7.06. The maximum atomic E-state index is 11.2. The zero-order valence-corrected chi connectivity index (χ0v) is 12.3. The van der Waals surface area contributed by atoms with E-state index in [0.717, 1.165) is 6.54 Å². The first-order chi connectivity index (χ1) is 9.56. The number of hydrogen-bond acceptors (Lipinski definition) is 4. The van der Waals surface area contributed by atoms with E-state index in [1.54, 1.807) is 18.2 Å². The summed E-state index contributed by atoms with van der Waals surface area (Å²) < 4.78 is 5.46. The lowest BCUT2D eigenvalue weighted by molar-refractivity contribution is -0.124. The first kappa shape index (κ1) is 15.4. The quantitative estimate of drug-likeness (QED) is 0.855. The number of para-hydroxylation sites is 1. The fraction of sp³-hybridized carbons (Fsp3) is 0.462. The Kier molecular flexibility index (Phi) is 5.48. The van der Waals surface area contributed by atoms with E-state index in [1.807, 2.05) is 4.90 Å². The zero-order chi connectivity index (χ0) is 14.5. The van der Waals surface area contributed by atoms with Gasteiger partial charge in [0.15, 0.2) is 5.75 Å². The number of ether oxygens (including phenoxy) is 1. The van der Waals surface area contributed by atoms with Crippen molar-refractivity contribution in [2.75, 3.05) is 32.8 Å². The predicted octanol–water partition coefficient (Wildman–Crippen LogP) is 1.16. The van der Waals surface area contributed by atoms with Crippen LogP contribution in [0.2, 0.25) is 10.0 Å². The lowest BCUT2D eigenvalue weighted by atomic mass is 10.3. The molecule has 0 radical (unpaired) electrons. The van der Waals surface area contributed by atoms with Crippen LogP contribution in [0.4, 0.5) is 0 Å². The number of aliphatic hydroxyl groups is 1. The van der Waals surface area contributed by atoms with Gasteiger partial charge in [-0.25, -0.2) is 0 Å². The molecule has 5 nitrogen and oxygen atoms in total. The van der Waals surface area contributed by atoms with Crippen LogP contribution in [-0.4, -0.2) is 54.8 Å². The van der Waals surface area contributed by atoms with Gasteiger partial charge in [0.05, 0.1) is 16.6 Å². The molecule has 20 heavy (non-hydrogen) atoms. The summed E-state index contributed by atoms with van der Waals surface area (Å²) in [4.78, 5) is 13.1. The molecule has 1 unspecified atom stereocenters. The van der Waals surface area contributed by atoms with Crippen LogP contribution in [0.5, 0.6) is 5.75 Å². The summed E-state index contributed by atoms with van der Waals surface area (Å²) in [6.45, 7) is 2.05. The van der Waals surface area contributed by atoms with Crippen LogP contribution in [0.3, 0.4) is 0 Å². The number of halogens is 2. The average Bonchev–Trinajstić information content (AvgIpc) is 2.38. The topological polar surface area (TPSA) is 61.8 Å². The lowest BCUT2D eigenvalue weighted by Gasteiger charge is -2.28. The first-order valence-electron chi connectivity index (χ1n) is 6.30. The molecule has 0 aromatic heterocycles. The van der Waals surface area contributed by atoms with Crippen molar-refractivity contribution < 1.29 is 14.6 Å². The Morgan fingerprint density at radius 3 is 2.75 bits per heavy atom. The molecule has 1 saturated heterocycles. The minimum Gasteiger partial charge on any atom is -0.488 e. The SMILES string of the molecule is O=C1CN(CC(O)COc2c(Cl)cccc2Cl)CCN1. The summed E-state index contributed by atoms with van der Waals surface area (Å²) in [6, 6.07) is 5.06. The highest BCUT2D eigenvalue weighted by Crippen LogP contribution is 2.32. The Labute approximate surface area is 127 Å². The van der Waals surface area contributed by atoms with Gasteiger partial charge in [-0.1, -0.05) is 29.3 Å². The maximum absolute atomic E-state index is 11.2. The van der Waals surface area contributed by atoms with Crippen LogP contribution >= 0.6 is 23.2 Å². The Morgan fingerprint density at radius 2 is 2.10 bits per heavy atom. The highest BCUT2D eigenvalue weighted by Gasteiger charge is 2.19. The smallest absolute Gasteiger partial charge is 0.234 e. The predicted molar refractivity (Wildman–Crippen MR) is 77.4 cm³/mol. The summed E-state index contributed by atoms with van der Waals surface area (Å²) in [5, 5.41) is 13.5. The third kappa shape index (κ3) is 4.24. The van der Waals surface area contributed by atoms with E-state index in [9.17, 15) is 9.90 Å². The monoisotopic (exact) mass is 318 g/mol. The number of amides is 1. The van der Waals surface area contributed by atoms with Crippen molar-refractivity contribution in [3.05, 3.63) is 28.2 Å². The Balaban J connectivity index is 1.83. The number of nitrogens with one attached hydrogen (secondary N) is 1. The summed E-state index contributed by atoms with van der Waals surface area (Å²) >= 11 is 11.9. The molecule has 1 aromatic rings. The van der Waals surface area contributed by atoms with Crippen LogP contribution in [0, 0.1) is 0 Å². The second kappa shape index (κ2) is 7.13. The van der Waals surface area contributed by atoms with E-state index in [0.29, 0.717) is 35.4 Å². The van der Waals surface area contributed by atoms with Crippen molar-refractivity contribution >= 4 is 29.1 Å². The number of β-amino-alcohol motifs (C(OH)–C–C–N with tert-alkyl or cyclic N) is 1. The molecule has 2 N–H and O–H groups in total. The molecule has 0 aliphatic carbocycles. The average molecular weight is 319 g/mol. The van der Waals surface area contributed by atoms with Crippen LogP contribution in [0.1, 0.15) is 0 Å². The highest BCUT2D eigenvalue weighted by molar-refractivity contribution is 6.37. The van der Waals surface area contributed by atoms with Crippen molar-refractivity contribution in [1.82, 2.24) is 10.2 Å². The minimum absolute atomic E-state index is 0.0292. The molecule has 110 valence electrons. The van der Waals surface area contributed by atoms with E-state index in [2.05, 4.69) is 5.32 Å². The molecule has 0 bridgehead atoms. The van der Waals surface area contributed by atoms with Crippen LogP contribution in [0.25, 0.3) is 0 Å². The third-order valence-corrected chi connectivity index (χ3v) is 3.52. The molecule has 0 spiro atoms. The van der Waals surface area contributed by atoms with Gasteiger partial charge in [0.25, 0.3) is 0 Å². The van der Waals surface area contributed by atoms with Gasteiger partial charge in [-0.15, -0.1) is 0 Å². The maximum Gasteiger partial charge on any atom is 0.234 e. The fourth-order valence-electron chi connectivity index (χ4n) is 2.00. The van der Waals surface area contributed by atoms with Crippen LogP contribution in [0.15, 0.2) is 18.2 Å². The van der Waals surface area contributed by atoms with E-state index >= 15 is 0 Å². The summed E-state index contributed by atoms with van der Waals surface area (Å²) in [5.74, 6) is 0.338. The number of aliphatic hydroxyl groups excluding tert-OH is 1. The van der Waals surface area contributed by atoms with Crippen LogP contribution in [-0.2, 0) is 4.79 Å². The summed E-state index contributed by atoms with van der Waals surface area (Å²) in [6.07, 6.45) is -0.715. The van der Waals surface area contributed by atoms with E-state index in [-0.39, 0.29) is 12.5 Å². The van der Waals surface area contributed by atoms with E-state index in [1.165, 1.54) is 0 Å². The molecule has 1 heterocycles. The van der Waals surface area contributed by atoms with E-state index in [4.69, 9.17) is 27.9 Å². The van der Waals surface area contributed by atoms with Gasteiger partial charge in [-0.3, -0.25) is 9.69 Å². The highest BCUT2D eigenvalue weighted by atomic mass is 35.5. The van der Waals surface area contributed by atoms with Gasteiger partial charge < -0.3 is 15.2 Å². The molecule has 1 atom stereocenters. The normalized spacial score (nSPS) is 17.6.